The Morgan fingerprint density at radius 3 is 2.38 bits per heavy atom. The minimum Gasteiger partial charge on any atom is -0.389 e. The normalized spacial score (nSPS) is 13.3. The first kappa shape index (κ1) is 17.6. The van der Waals surface area contributed by atoms with Gasteiger partial charge in [0.05, 0.1) is 11.5 Å². The van der Waals surface area contributed by atoms with Gasteiger partial charge in [0.15, 0.2) is 0 Å². The maximum Gasteiger partial charge on any atom is 0.241 e. The zero-order chi connectivity index (χ0) is 16.0. The number of amides is 1. The standard InChI is InChI=1S/C16H27N3O2/c1-5-19(11-16(3,4)21)10-13-6-8-14(9-7-13)12(2)15(20)18-17/h6-9,12,21H,5,10-11,17H2,1-4H3,(H,18,20). The molecule has 0 aliphatic carbocycles. The van der Waals surface area contributed by atoms with Crippen molar-refractivity contribution in [3.63, 3.8) is 0 Å². The van der Waals surface area contributed by atoms with Gasteiger partial charge in [0.25, 0.3) is 0 Å². The van der Waals surface area contributed by atoms with E-state index < -0.39 is 5.60 Å². The maximum atomic E-state index is 11.5. The van der Waals surface area contributed by atoms with Gasteiger partial charge in [0.1, 0.15) is 0 Å². The Morgan fingerprint density at radius 1 is 1.38 bits per heavy atom. The lowest BCUT2D eigenvalue weighted by Gasteiger charge is -2.28. The number of hydrogen-bond donors (Lipinski definition) is 3. The number of hydrazine groups is 1. The van der Waals surface area contributed by atoms with Gasteiger partial charge in [-0.15, -0.1) is 0 Å². The molecule has 1 unspecified atom stereocenters. The number of rotatable bonds is 7. The van der Waals surface area contributed by atoms with E-state index in [1.165, 1.54) is 0 Å². The van der Waals surface area contributed by atoms with Crippen LogP contribution < -0.4 is 11.3 Å². The summed E-state index contributed by atoms with van der Waals surface area (Å²) in [5, 5.41) is 9.90. The minimum absolute atomic E-state index is 0.194. The van der Waals surface area contributed by atoms with Gasteiger partial charge < -0.3 is 5.11 Å². The molecule has 0 heterocycles. The quantitative estimate of drug-likeness (QED) is 0.403. The summed E-state index contributed by atoms with van der Waals surface area (Å²) in [4.78, 5) is 13.7. The van der Waals surface area contributed by atoms with E-state index in [0.717, 1.165) is 24.2 Å². The van der Waals surface area contributed by atoms with Gasteiger partial charge in [0.2, 0.25) is 5.91 Å². The number of likely N-dealkylation sites (N-methyl/N-ethyl adjacent to an activating group) is 1. The number of aliphatic hydroxyl groups is 1. The fourth-order valence-corrected chi connectivity index (χ4v) is 2.27. The van der Waals surface area contributed by atoms with Gasteiger partial charge in [-0.25, -0.2) is 5.84 Å². The fraction of sp³-hybridized carbons (Fsp3) is 0.562. The number of hydrogen-bond acceptors (Lipinski definition) is 4. The molecule has 0 fully saturated rings. The Kier molecular flexibility index (Phi) is 6.33. The van der Waals surface area contributed by atoms with E-state index in [-0.39, 0.29) is 11.8 Å². The Bertz CT molecular complexity index is 452. The van der Waals surface area contributed by atoms with E-state index >= 15 is 0 Å². The number of carbonyl (C=O) groups is 1. The molecule has 1 aromatic rings. The van der Waals surface area contributed by atoms with E-state index in [0.29, 0.717) is 6.54 Å². The van der Waals surface area contributed by atoms with Crippen molar-refractivity contribution in [3.05, 3.63) is 35.4 Å². The van der Waals surface area contributed by atoms with Crippen molar-refractivity contribution >= 4 is 5.91 Å². The summed E-state index contributed by atoms with van der Waals surface area (Å²) < 4.78 is 0. The Labute approximate surface area is 127 Å². The van der Waals surface area contributed by atoms with Crippen LogP contribution in [0.25, 0.3) is 0 Å². The summed E-state index contributed by atoms with van der Waals surface area (Å²) >= 11 is 0. The van der Waals surface area contributed by atoms with Gasteiger partial charge in [0, 0.05) is 13.1 Å². The number of benzene rings is 1. The molecule has 21 heavy (non-hydrogen) atoms. The first-order valence-corrected chi connectivity index (χ1v) is 7.31. The van der Waals surface area contributed by atoms with E-state index in [2.05, 4.69) is 17.2 Å². The summed E-state index contributed by atoms with van der Waals surface area (Å²) in [5.41, 5.74) is 3.56. The fourth-order valence-electron chi connectivity index (χ4n) is 2.27. The molecule has 1 rings (SSSR count). The summed E-state index contributed by atoms with van der Waals surface area (Å²) in [6.07, 6.45) is 0. The highest BCUT2D eigenvalue weighted by atomic mass is 16.3. The van der Waals surface area contributed by atoms with Crippen molar-refractivity contribution in [2.75, 3.05) is 13.1 Å². The zero-order valence-corrected chi connectivity index (χ0v) is 13.4. The third kappa shape index (κ3) is 5.83. The van der Waals surface area contributed by atoms with Gasteiger partial charge in [-0.1, -0.05) is 31.2 Å². The molecule has 0 radical (unpaired) electrons. The zero-order valence-electron chi connectivity index (χ0n) is 13.4. The van der Waals surface area contributed by atoms with Gasteiger partial charge >= 0.3 is 0 Å². The molecule has 1 atom stereocenters. The van der Waals surface area contributed by atoms with Gasteiger partial charge in [-0.3, -0.25) is 15.1 Å². The average Bonchev–Trinajstić information content (AvgIpc) is 2.44. The van der Waals surface area contributed by atoms with Crippen LogP contribution in [-0.4, -0.2) is 34.6 Å². The largest absolute Gasteiger partial charge is 0.389 e. The minimum atomic E-state index is -0.705. The number of nitrogens with two attached hydrogens (primary N) is 1. The molecule has 0 saturated carbocycles. The van der Waals surface area contributed by atoms with E-state index in [9.17, 15) is 9.90 Å². The highest BCUT2D eigenvalue weighted by Crippen LogP contribution is 2.17. The number of nitrogens with zero attached hydrogens (tertiary/aromatic N) is 1. The Hall–Kier alpha value is -1.43. The lowest BCUT2D eigenvalue weighted by molar-refractivity contribution is -0.122. The van der Waals surface area contributed by atoms with Gasteiger partial charge in [-0.05, 0) is 38.4 Å². The monoisotopic (exact) mass is 293 g/mol. The molecular formula is C16H27N3O2. The maximum absolute atomic E-state index is 11.5. The lowest BCUT2D eigenvalue weighted by Crippen LogP contribution is -2.38. The van der Waals surface area contributed by atoms with Crippen LogP contribution in [0.5, 0.6) is 0 Å². The number of nitrogens with one attached hydrogen (secondary N) is 1. The van der Waals surface area contributed by atoms with Crippen molar-refractivity contribution in [1.29, 1.82) is 0 Å². The molecule has 0 spiro atoms. The molecule has 0 saturated heterocycles. The molecule has 0 aromatic heterocycles. The lowest BCUT2D eigenvalue weighted by atomic mass is 9.99. The van der Waals surface area contributed by atoms with Crippen LogP contribution in [0.4, 0.5) is 0 Å². The van der Waals surface area contributed by atoms with Crippen LogP contribution in [-0.2, 0) is 11.3 Å². The average molecular weight is 293 g/mol. The van der Waals surface area contributed by atoms with Crippen molar-refractivity contribution in [1.82, 2.24) is 10.3 Å². The molecule has 4 N–H and O–H groups in total. The Morgan fingerprint density at radius 2 is 1.95 bits per heavy atom. The van der Waals surface area contributed by atoms with E-state index in [1.54, 1.807) is 0 Å². The van der Waals surface area contributed by atoms with Crippen LogP contribution in [0, 0.1) is 0 Å². The summed E-state index contributed by atoms with van der Waals surface area (Å²) in [6.45, 7) is 9.79. The molecule has 0 bridgehead atoms. The summed E-state index contributed by atoms with van der Waals surface area (Å²) in [7, 11) is 0. The van der Waals surface area contributed by atoms with Gasteiger partial charge in [-0.2, -0.15) is 0 Å². The molecule has 1 amide bonds. The first-order chi connectivity index (χ1) is 9.76. The summed E-state index contributed by atoms with van der Waals surface area (Å²) in [6, 6.07) is 7.94. The van der Waals surface area contributed by atoms with Crippen molar-refractivity contribution in [3.8, 4) is 0 Å². The van der Waals surface area contributed by atoms with Crippen molar-refractivity contribution in [2.45, 2.75) is 45.8 Å². The molecule has 0 aliphatic rings. The smallest absolute Gasteiger partial charge is 0.241 e. The second kappa shape index (κ2) is 7.54. The van der Waals surface area contributed by atoms with Crippen LogP contribution in [0.15, 0.2) is 24.3 Å². The van der Waals surface area contributed by atoms with Crippen molar-refractivity contribution in [2.24, 2.45) is 5.84 Å². The molecule has 0 aliphatic heterocycles. The van der Waals surface area contributed by atoms with Crippen LogP contribution in [0.1, 0.15) is 44.7 Å². The predicted octanol–water partition coefficient (Wildman–Crippen LogP) is 1.37. The first-order valence-electron chi connectivity index (χ1n) is 7.31. The molecule has 5 heteroatoms. The highest BCUT2D eigenvalue weighted by molar-refractivity contribution is 5.82. The molecular weight excluding hydrogens is 266 g/mol. The van der Waals surface area contributed by atoms with Crippen LogP contribution in [0.3, 0.4) is 0 Å². The SMILES string of the molecule is CCN(Cc1ccc(C(C)C(=O)NN)cc1)CC(C)(C)O. The third-order valence-corrected chi connectivity index (χ3v) is 3.48. The summed E-state index contributed by atoms with van der Waals surface area (Å²) in [5.74, 6) is 4.70. The molecule has 118 valence electrons. The third-order valence-electron chi connectivity index (χ3n) is 3.48. The number of carbonyl (C=O) groups excluding carboxylic acids is 1. The van der Waals surface area contributed by atoms with Crippen LogP contribution >= 0.6 is 0 Å². The van der Waals surface area contributed by atoms with Crippen molar-refractivity contribution < 1.29 is 9.90 Å². The van der Waals surface area contributed by atoms with E-state index in [1.807, 2.05) is 45.0 Å². The van der Waals surface area contributed by atoms with Crippen LogP contribution in [0.2, 0.25) is 0 Å². The second-order valence-corrected chi connectivity index (χ2v) is 6.09. The molecule has 1 aromatic carbocycles. The second-order valence-electron chi connectivity index (χ2n) is 6.09. The highest BCUT2D eigenvalue weighted by Gasteiger charge is 2.18. The Balaban J connectivity index is 2.71. The topological polar surface area (TPSA) is 78.6 Å². The molecule has 5 nitrogen and oxygen atoms in total. The predicted molar refractivity (Wildman–Crippen MR) is 84.4 cm³/mol. The van der Waals surface area contributed by atoms with E-state index in [4.69, 9.17) is 5.84 Å².